The third-order valence-corrected chi connectivity index (χ3v) is 4.32. The number of hydrogen-bond donors (Lipinski definition) is 1. The van der Waals surface area contributed by atoms with Crippen LogP contribution in [0.2, 0.25) is 0 Å². The van der Waals surface area contributed by atoms with Gasteiger partial charge in [-0.25, -0.2) is 9.97 Å². The Balaban J connectivity index is 1.87. The van der Waals surface area contributed by atoms with Crippen LogP contribution in [-0.2, 0) is 4.74 Å². The van der Waals surface area contributed by atoms with Gasteiger partial charge in [-0.3, -0.25) is 4.98 Å². The highest BCUT2D eigenvalue weighted by Gasteiger charge is 2.37. The smallest absolute Gasteiger partial charge is 0.130 e. The fourth-order valence-electron chi connectivity index (χ4n) is 2.97. The zero-order valence-electron chi connectivity index (χ0n) is 13.4. The van der Waals surface area contributed by atoms with E-state index < -0.39 is 0 Å². The molecule has 0 aliphatic carbocycles. The number of rotatable bonds is 3. The molecular weight excluding hydrogens is 276 g/mol. The average Bonchev–Trinajstić information content (AvgIpc) is 2.74. The predicted octanol–water partition coefficient (Wildman–Crippen LogP) is 3.07. The van der Waals surface area contributed by atoms with E-state index in [2.05, 4.69) is 41.0 Å². The lowest BCUT2D eigenvalue weighted by Gasteiger charge is -2.21. The molecule has 1 aliphatic rings. The average molecular weight is 298 g/mol. The Morgan fingerprint density at radius 3 is 2.50 bits per heavy atom. The van der Waals surface area contributed by atoms with Crippen molar-refractivity contribution in [2.45, 2.75) is 45.9 Å². The molecule has 0 aromatic carbocycles. The standard InChI is InChI=1S/C17H22N4O/c1-10-11(2)22-12(3)17(10)21-16-9-15(19-13(4)20-16)14-7-5-6-8-18-14/h5-12,17H,1-4H3,(H,19,20,21). The van der Waals surface area contributed by atoms with Crippen LogP contribution in [0.3, 0.4) is 0 Å². The fourth-order valence-corrected chi connectivity index (χ4v) is 2.97. The first kappa shape index (κ1) is 14.9. The summed E-state index contributed by atoms with van der Waals surface area (Å²) in [6.07, 6.45) is 2.19. The summed E-state index contributed by atoms with van der Waals surface area (Å²) < 4.78 is 5.89. The second kappa shape index (κ2) is 6.01. The quantitative estimate of drug-likeness (QED) is 0.943. The molecule has 1 N–H and O–H groups in total. The Morgan fingerprint density at radius 2 is 1.86 bits per heavy atom. The number of aryl methyl sites for hydroxylation is 1. The summed E-state index contributed by atoms with van der Waals surface area (Å²) >= 11 is 0. The largest absolute Gasteiger partial charge is 0.373 e. The van der Waals surface area contributed by atoms with Gasteiger partial charge in [0.05, 0.1) is 29.6 Å². The highest BCUT2D eigenvalue weighted by atomic mass is 16.5. The van der Waals surface area contributed by atoms with Crippen LogP contribution < -0.4 is 5.32 Å². The third kappa shape index (κ3) is 2.95. The molecule has 1 fully saturated rings. The zero-order chi connectivity index (χ0) is 15.7. The first-order chi connectivity index (χ1) is 10.5. The van der Waals surface area contributed by atoms with Crippen LogP contribution in [0.15, 0.2) is 30.5 Å². The van der Waals surface area contributed by atoms with Crippen LogP contribution in [0.1, 0.15) is 26.6 Å². The first-order valence-electron chi connectivity index (χ1n) is 7.73. The van der Waals surface area contributed by atoms with Crippen LogP contribution in [0.25, 0.3) is 11.4 Å². The molecule has 1 aliphatic heterocycles. The Kier molecular flexibility index (Phi) is 4.07. The summed E-state index contributed by atoms with van der Waals surface area (Å²) in [5.74, 6) is 2.00. The molecule has 2 aromatic rings. The SMILES string of the molecule is Cc1nc(NC2C(C)OC(C)C2C)cc(-c2ccccn2)n1. The second-order valence-electron chi connectivity index (χ2n) is 5.98. The van der Waals surface area contributed by atoms with Gasteiger partial charge < -0.3 is 10.1 Å². The Hall–Kier alpha value is -2.01. The van der Waals surface area contributed by atoms with Crippen LogP contribution in [0.4, 0.5) is 5.82 Å². The van der Waals surface area contributed by atoms with Crippen molar-refractivity contribution in [1.82, 2.24) is 15.0 Å². The number of ether oxygens (including phenoxy) is 1. The summed E-state index contributed by atoms with van der Waals surface area (Å²) in [5, 5.41) is 3.52. The van der Waals surface area contributed by atoms with E-state index in [1.807, 2.05) is 31.2 Å². The van der Waals surface area contributed by atoms with Gasteiger partial charge in [0.15, 0.2) is 0 Å². The molecule has 116 valence electrons. The molecule has 0 bridgehead atoms. The van der Waals surface area contributed by atoms with E-state index in [0.717, 1.165) is 23.0 Å². The van der Waals surface area contributed by atoms with Crippen molar-refractivity contribution >= 4 is 5.82 Å². The first-order valence-corrected chi connectivity index (χ1v) is 7.73. The molecule has 5 nitrogen and oxygen atoms in total. The van der Waals surface area contributed by atoms with Crippen LogP contribution in [-0.4, -0.2) is 33.2 Å². The Morgan fingerprint density at radius 1 is 1.05 bits per heavy atom. The minimum atomic E-state index is 0.165. The monoisotopic (exact) mass is 298 g/mol. The lowest BCUT2D eigenvalue weighted by Crippen LogP contribution is -2.32. The van der Waals surface area contributed by atoms with Gasteiger partial charge in [-0.2, -0.15) is 0 Å². The lowest BCUT2D eigenvalue weighted by molar-refractivity contribution is 0.0567. The number of nitrogens with one attached hydrogen (secondary N) is 1. The number of anilines is 1. The maximum atomic E-state index is 5.89. The van der Waals surface area contributed by atoms with Gasteiger partial charge in [-0.1, -0.05) is 13.0 Å². The molecule has 1 saturated heterocycles. The van der Waals surface area contributed by atoms with Crippen LogP contribution >= 0.6 is 0 Å². The molecule has 3 heterocycles. The molecule has 5 heteroatoms. The molecule has 2 aromatic heterocycles. The van der Waals surface area contributed by atoms with E-state index in [4.69, 9.17) is 4.74 Å². The molecule has 4 atom stereocenters. The summed E-state index contributed by atoms with van der Waals surface area (Å²) in [6, 6.07) is 8.02. The number of aromatic nitrogens is 3. The highest BCUT2D eigenvalue weighted by Crippen LogP contribution is 2.29. The van der Waals surface area contributed by atoms with Gasteiger partial charge in [0.25, 0.3) is 0 Å². The molecular formula is C17H22N4O. The summed E-state index contributed by atoms with van der Waals surface area (Å²) in [6.45, 7) is 8.33. The lowest BCUT2D eigenvalue weighted by atomic mass is 9.97. The predicted molar refractivity (Wildman–Crippen MR) is 86.6 cm³/mol. The number of pyridine rings is 1. The number of hydrogen-bond acceptors (Lipinski definition) is 5. The van der Waals surface area contributed by atoms with Crippen molar-refractivity contribution in [3.8, 4) is 11.4 Å². The van der Waals surface area contributed by atoms with Crippen LogP contribution in [0, 0.1) is 12.8 Å². The molecule has 22 heavy (non-hydrogen) atoms. The van der Waals surface area contributed by atoms with Gasteiger partial charge in [0.1, 0.15) is 11.6 Å². The van der Waals surface area contributed by atoms with E-state index in [9.17, 15) is 0 Å². The summed E-state index contributed by atoms with van der Waals surface area (Å²) in [5.41, 5.74) is 1.69. The summed E-state index contributed by atoms with van der Waals surface area (Å²) in [7, 11) is 0. The van der Waals surface area contributed by atoms with Crippen molar-refractivity contribution in [2.24, 2.45) is 5.92 Å². The van der Waals surface area contributed by atoms with E-state index in [0.29, 0.717) is 5.92 Å². The number of nitrogens with zero attached hydrogens (tertiary/aromatic N) is 3. The zero-order valence-corrected chi connectivity index (χ0v) is 13.4. The van der Waals surface area contributed by atoms with E-state index in [1.54, 1.807) is 6.20 Å². The molecule has 0 spiro atoms. The maximum absolute atomic E-state index is 5.89. The van der Waals surface area contributed by atoms with E-state index >= 15 is 0 Å². The van der Waals surface area contributed by atoms with Crippen LogP contribution in [0.5, 0.6) is 0 Å². The molecule has 3 rings (SSSR count). The van der Waals surface area contributed by atoms with Crippen molar-refractivity contribution in [3.63, 3.8) is 0 Å². The van der Waals surface area contributed by atoms with Crippen molar-refractivity contribution in [2.75, 3.05) is 5.32 Å². The third-order valence-electron chi connectivity index (χ3n) is 4.32. The Labute approximate surface area is 131 Å². The topological polar surface area (TPSA) is 59.9 Å². The van der Waals surface area contributed by atoms with Gasteiger partial charge >= 0.3 is 0 Å². The van der Waals surface area contributed by atoms with Gasteiger partial charge in [0, 0.05) is 18.2 Å². The molecule has 4 unspecified atom stereocenters. The molecule has 0 amide bonds. The van der Waals surface area contributed by atoms with Crippen molar-refractivity contribution in [1.29, 1.82) is 0 Å². The van der Waals surface area contributed by atoms with Gasteiger partial charge in [-0.15, -0.1) is 0 Å². The van der Waals surface area contributed by atoms with Crippen molar-refractivity contribution < 1.29 is 4.74 Å². The highest BCUT2D eigenvalue weighted by molar-refractivity contribution is 5.58. The normalized spacial score (nSPS) is 27.8. The van der Waals surface area contributed by atoms with E-state index in [-0.39, 0.29) is 18.2 Å². The maximum Gasteiger partial charge on any atom is 0.130 e. The van der Waals surface area contributed by atoms with Gasteiger partial charge in [0.2, 0.25) is 0 Å². The molecule has 0 saturated carbocycles. The minimum absolute atomic E-state index is 0.165. The molecule has 0 radical (unpaired) electrons. The summed E-state index contributed by atoms with van der Waals surface area (Å²) in [4.78, 5) is 13.4. The fraction of sp³-hybridized carbons (Fsp3) is 0.471. The second-order valence-corrected chi connectivity index (χ2v) is 5.98. The Bertz CT molecular complexity index is 646. The minimum Gasteiger partial charge on any atom is -0.373 e. The van der Waals surface area contributed by atoms with Crippen molar-refractivity contribution in [3.05, 3.63) is 36.3 Å². The van der Waals surface area contributed by atoms with E-state index in [1.165, 1.54) is 0 Å². The van der Waals surface area contributed by atoms with Gasteiger partial charge in [-0.05, 0) is 32.9 Å².